The van der Waals surface area contributed by atoms with Gasteiger partial charge in [0.2, 0.25) is 0 Å². The average Bonchev–Trinajstić information content (AvgIpc) is 3.36. The predicted octanol–water partition coefficient (Wildman–Crippen LogP) is 8.84. The molecule has 7 aromatic carbocycles. The number of benzene rings is 7. The van der Waals surface area contributed by atoms with Crippen LogP contribution in [0.2, 0.25) is 0 Å². The molecule has 1 aliphatic carbocycles. The monoisotopic (exact) mass is 619 g/mol. The summed E-state index contributed by atoms with van der Waals surface area (Å²) >= 11 is 0. The van der Waals surface area contributed by atoms with E-state index in [0.717, 1.165) is 11.4 Å². The third kappa shape index (κ3) is 4.76. The summed E-state index contributed by atoms with van der Waals surface area (Å²) in [5.41, 5.74) is 8.72. The quantitative estimate of drug-likeness (QED) is 0.127. The van der Waals surface area contributed by atoms with Crippen LogP contribution in [0, 0.1) is 0 Å². The molecule has 0 spiro atoms. The van der Waals surface area contributed by atoms with Gasteiger partial charge in [-0.2, -0.15) is 0 Å². The molecule has 0 fully saturated rings. The first-order chi connectivity index (χ1) is 23.1. The van der Waals surface area contributed by atoms with E-state index in [1.807, 2.05) is 0 Å². The topological polar surface area (TPSA) is 3.24 Å². The van der Waals surface area contributed by atoms with E-state index in [1.165, 1.54) is 48.7 Å². The van der Waals surface area contributed by atoms with Gasteiger partial charge in [0.1, 0.15) is 0 Å². The summed E-state index contributed by atoms with van der Waals surface area (Å²) in [6.07, 6.45) is 0. The Labute approximate surface area is 279 Å². The van der Waals surface area contributed by atoms with Crippen LogP contribution in [-0.4, -0.2) is 8.07 Å². The summed E-state index contributed by atoms with van der Waals surface area (Å²) in [6, 6.07) is 69.4. The van der Waals surface area contributed by atoms with E-state index < -0.39 is 8.07 Å². The number of fused-ring (bicyclic) bond motifs is 3. The molecule has 0 radical (unpaired) electrons. The van der Waals surface area contributed by atoms with Gasteiger partial charge in [-0.15, -0.1) is 0 Å². The molecule has 0 unspecified atom stereocenters. The van der Waals surface area contributed by atoms with Crippen LogP contribution in [0.3, 0.4) is 0 Å². The first-order valence-electron chi connectivity index (χ1n) is 16.5. The van der Waals surface area contributed by atoms with Crippen LogP contribution in [0.5, 0.6) is 0 Å². The van der Waals surface area contributed by atoms with Crippen LogP contribution in [0.1, 0.15) is 25.0 Å². The SMILES string of the molecule is CC1(C)c2cc(N(c3ccccc3)c3ccccc3)ccc2-c2ccc([Si](c3ccccc3)(c3ccccc3)c3ccccc3)cc21. The molecule has 1 aliphatic rings. The Bertz CT molecular complexity index is 2010. The Morgan fingerprint density at radius 2 is 0.745 bits per heavy atom. The molecule has 0 aromatic heterocycles. The third-order valence-electron chi connectivity index (χ3n) is 10.00. The van der Waals surface area contributed by atoms with Crippen molar-refractivity contribution in [1.82, 2.24) is 0 Å². The summed E-state index contributed by atoms with van der Waals surface area (Å²) in [5.74, 6) is 0. The van der Waals surface area contributed by atoms with Gasteiger partial charge in [0, 0.05) is 22.5 Å². The smallest absolute Gasteiger partial charge is 0.179 e. The van der Waals surface area contributed by atoms with Crippen LogP contribution >= 0.6 is 0 Å². The number of hydrogen-bond donors (Lipinski definition) is 0. The van der Waals surface area contributed by atoms with Crippen LogP contribution in [0.4, 0.5) is 17.1 Å². The van der Waals surface area contributed by atoms with Crippen molar-refractivity contribution in [3.05, 3.63) is 199 Å². The van der Waals surface area contributed by atoms with Crippen molar-refractivity contribution in [2.24, 2.45) is 0 Å². The highest BCUT2D eigenvalue weighted by atomic mass is 28.3. The Morgan fingerprint density at radius 1 is 0.362 bits per heavy atom. The Kier molecular flexibility index (Phi) is 7.23. The normalized spacial score (nSPS) is 13.1. The molecule has 0 atom stereocenters. The van der Waals surface area contributed by atoms with Crippen molar-refractivity contribution in [1.29, 1.82) is 0 Å². The van der Waals surface area contributed by atoms with Crippen molar-refractivity contribution >= 4 is 45.9 Å². The molecule has 8 rings (SSSR count). The van der Waals surface area contributed by atoms with Crippen LogP contribution in [0.25, 0.3) is 11.1 Å². The van der Waals surface area contributed by atoms with Crippen molar-refractivity contribution in [2.45, 2.75) is 19.3 Å². The van der Waals surface area contributed by atoms with E-state index >= 15 is 0 Å². The second kappa shape index (κ2) is 11.7. The predicted molar refractivity (Wildman–Crippen MR) is 202 cm³/mol. The number of para-hydroxylation sites is 2. The van der Waals surface area contributed by atoms with Gasteiger partial charge in [0.25, 0.3) is 0 Å². The number of nitrogens with zero attached hydrogens (tertiary/aromatic N) is 1. The zero-order chi connectivity index (χ0) is 31.8. The molecule has 0 saturated heterocycles. The van der Waals surface area contributed by atoms with E-state index in [-0.39, 0.29) is 5.41 Å². The average molecular weight is 620 g/mol. The van der Waals surface area contributed by atoms with Crippen molar-refractivity contribution in [3.63, 3.8) is 0 Å². The number of anilines is 3. The molecule has 2 heteroatoms. The zero-order valence-electron chi connectivity index (χ0n) is 26.8. The molecule has 0 aliphatic heterocycles. The second-order valence-corrected chi connectivity index (χ2v) is 16.8. The number of rotatable bonds is 7. The molecule has 47 heavy (non-hydrogen) atoms. The van der Waals surface area contributed by atoms with E-state index in [0.29, 0.717) is 0 Å². The lowest BCUT2D eigenvalue weighted by Gasteiger charge is -2.35. The van der Waals surface area contributed by atoms with Crippen molar-refractivity contribution < 1.29 is 0 Å². The fourth-order valence-electron chi connectivity index (χ4n) is 7.76. The maximum Gasteiger partial charge on any atom is 0.179 e. The van der Waals surface area contributed by atoms with E-state index in [2.05, 4.69) is 207 Å². The van der Waals surface area contributed by atoms with E-state index in [4.69, 9.17) is 0 Å². The summed E-state index contributed by atoms with van der Waals surface area (Å²) < 4.78 is 0. The van der Waals surface area contributed by atoms with E-state index in [9.17, 15) is 0 Å². The van der Waals surface area contributed by atoms with Crippen LogP contribution < -0.4 is 25.6 Å². The molecule has 0 saturated carbocycles. The highest BCUT2D eigenvalue weighted by molar-refractivity contribution is 7.19. The fourth-order valence-corrected chi connectivity index (χ4v) is 12.5. The molecule has 226 valence electrons. The number of hydrogen-bond acceptors (Lipinski definition) is 1. The third-order valence-corrected chi connectivity index (χ3v) is 14.8. The van der Waals surface area contributed by atoms with Gasteiger partial charge >= 0.3 is 0 Å². The standard InChI is InChI=1S/C45H37NSi/c1-45(2)43-32-36(46(34-18-8-3-9-19-34)35-20-10-4-11-21-35)28-30-41(43)42-31-29-40(33-44(42)45)47(37-22-12-5-13-23-37,38-24-14-6-15-25-38)39-26-16-7-17-27-39/h3-33H,1-2H3. The van der Waals surface area contributed by atoms with E-state index in [1.54, 1.807) is 0 Å². The molecule has 0 N–H and O–H groups in total. The molecular formula is C45H37NSi. The largest absolute Gasteiger partial charge is 0.310 e. The summed E-state index contributed by atoms with van der Waals surface area (Å²) in [6.45, 7) is 4.80. The first-order valence-corrected chi connectivity index (χ1v) is 18.5. The second-order valence-electron chi connectivity index (χ2n) is 13.0. The van der Waals surface area contributed by atoms with Crippen LogP contribution in [-0.2, 0) is 5.41 Å². The minimum absolute atomic E-state index is 0.181. The fraction of sp³-hybridized carbons (Fsp3) is 0.0667. The Morgan fingerprint density at radius 3 is 1.19 bits per heavy atom. The molecule has 1 nitrogen and oxygen atoms in total. The molecular weight excluding hydrogens is 583 g/mol. The lowest BCUT2D eigenvalue weighted by molar-refractivity contribution is 0.661. The highest BCUT2D eigenvalue weighted by Gasteiger charge is 2.44. The summed E-state index contributed by atoms with van der Waals surface area (Å²) in [5, 5.41) is 5.61. The summed E-state index contributed by atoms with van der Waals surface area (Å²) in [4.78, 5) is 2.36. The minimum atomic E-state index is -2.63. The van der Waals surface area contributed by atoms with Gasteiger partial charge in [-0.05, 0) is 79.4 Å². The molecule has 7 aromatic rings. The van der Waals surface area contributed by atoms with Gasteiger partial charge in [0.15, 0.2) is 8.07 Å². The highest BCUT2D eigenvalue weighted by Crippen LogP contribution is 2.50. The van der Waals surface area contributed by atoms with Gasteiger partial charge < -0.3 is 4.90 Å². The lowest BCUT2D eigenvalue weighted by Crippen LogP contribution is -2.74. The molecule has 0 bridgehead atoms. The van der Waals surface area contributed by atoms with Gasteiger partial charge in [-0.25, -0.2) is 0 Å². The summed E-state index contributed by atoms with van der Waals surface area (Å²) in [7, 11) is -2.63. The van der Waals surface area contributed by atoms with Gasteiger partial charge in [-0.1, -0.05) is 166 Å². The van der Waals surface area contributed by atoms with Crippen LogP contribution in [0.15, 0.2) is 188 Å². The maximum absolute atomic E-state index is 2.63. The Balaban J connectivity index is 1.32. The molecule has 0 amide bonds. The zero-order valence-corrected chi connectivity index (χ0v) is 27.8. The minimum Gasteiger partial charge on any atom is -0.310 e. The van der Waals surface area contributed by atoms with Crippen molar-refractivity contribution in [2.75, 3.05) is 4.90 Å². The first kappa shape index (κ1) is 29.0. The Hall–Kier alpha value is -5.44. The lowest BCUT2D eigenvalue weighted by atomic mass is 9.82. The van der Waals surface area contributed by atoms with Gasteiger partial charge in [0.05, 0.1) is 0 Å². The maximum atomic E-state index is 2.56. The van der Waals surface area contributed by atoms with Crippen molar-refractivity contribution in [3.8, 4) is 11.1 Å². The van der Waals surface area contributed by atoms with Gasteiger partial charge in [-0.3, -0.25) is 0 Å². The molecule has 0 heterocycles.